The highest BCUT2D eigenvalue weighted by atomic mass is 16.3. The van der Waals surface area contributed by atoms with E-state index >= 15 is 0 Å². The van der Waals surface area contributed by atoms with Crippen LogP contribution in [-0.4, -0.2) is 28.8 Å². The molecule has 23 heavy (non-hydrogen) atoms. The van der Waals surface area contributed by atoms with Gasteiger partial charge in [0.25, 0.3) is 0 Å². The van der Waals surface area contributed by atoms with Crippen LogP contribution >= 0.6 is 0 Å². The Morgan fingerprint density at radius 1 is 1.13 bits per heavy atom. The monoisotopic (exact) mass is 309 g/mol. The van der Waals surface area contributed by atoms with Crippen molar-refractivity contribution in [3.63, 3.8) is 0 Å². The van der Waals surface area contributed by atoms with Crippen LogP contribution in [0.5, 0.6) is 0 Å². The van der Waals surface area contributed by atoms with Crippen LogP contribution in [0, 0.1) is 0 Å². The first kappa shape index (κ1) is 15.1. The summed E-state index contributed by atoms with van der Waals surface area (Å²) in [5.41, 5.74) is 2.78. The summed E-state index contributed by atoms with van der Waals surface area (Å²) in [5.74, 6) is 0. The van der Waals surface area contributed by atoms with Gasteiger partial charge in [0.2, 0.25) is 0 Å². The lowest BCUT2D eigenvalue weighted by molar-refractivity contribution is 0.172. The largest absolute Gasteiger partial charge is 0.391 e. The number of hydrogen-bond acceptors (Lipinski definition) is 2. The number of hydrogen-bond donors (Lipinski definition) is 4. The van der Waals surface area contributed by atoms with Crippen LogP contribution in [0.1, 0.15) is 5.56 Å². The Labute approximate surface area is 134 Å². The molecule has 5 nitrogen and oxygen atoms in total. The van der Waals surface area contributed by atoms with Gasteiger partial charge >= 0.3 is 6.03 Å². The van der Waals surface area contributed by atoms with Crippen LogP contribution in [0.15, 0.2) is 60.8 Å². The molecule has 0 fully saturated rings. The van der Waals surface area contributed by atoms with Gasteiger partial charge < -0.3 is 20.7 Å². The Morgan fingerprint density at radius 3 is 2.78 bits per heavy atom. The van der Waals surface area contributed by atoms with Crippen molar-refractivity contribution < 1.29 is 9.90 Å². The summed E-state index contributed by atoms with van der Waals surface area (Å²) in [6.07, 6.45) is 1.75. The number of aliphatic hydroxyl groups is 1. The molecule has 2 aromatic carbocycles. The molecule has 0 bridgehead atoms. The molecular weight excluding hydrogens is 290 g/mol. The van der Waals surface area contributed by atoms with Gasteiger partial charge in [0, 0.05) is 35.8 Å². The Bertz CT molecular complexity index is 783. The van der Waals surface area contributed by atoms with Crippen molar-refractivity contribution in [2.45, 2.75) is 12.5 Å². The zero-order valence-electron chi connectivity index (χ0n) is 12.6. The molecule has 1 heterocycles. The molecule has 2 amide bonds. The van der Waals surface area contributed by atoms with Gasteiger partial charge in [-0.3, -0.25) is 0 Å². The third kappa shape index (κ3) is 4.11. The number of benzene rings is 2. The molecule has 0 radical (unpaired) electrons. The zero-order valence-corrected chi connectivity index (χ0v) is 12.6. The van der Waals surface area contributed by atoms with Crippen LogP contribution in [0.3, 0.4) is 0 Å². The second-order valence-corrected chi connectivity index (χ2v) is 5.46. The topological polar surface area (TPSA) is 77.2 Å². The van der Waals surface area contributed by atoms with Gasteiger partial charge in [-0.25, -0.2) is 4.79 Å². The summed E-state index contributed by atoms with van der Waals surface area (Å²) in [7, 11) is 0. The lowest BCUT2D eigenvalue weighted by Crippen LogP contribution is -2.36. The molecule has 0 saturated carbocycles. The smallest absolute Gasteiger partial charge is 0.319 e. The third-order valence-electron chi connectivity index (χ3n) is 3.62. The maximum Gasteiger partial charge on any atom is 0.319 e. The Morgan fingerprint density at radius 2 is 1.96 bits per heavy atom. The number of amides is 2. The van der Waals surface area contributed by atoms with Crippen molar-refractivity contribution in [3.05, 3.63) is 66.4 Å². The molecule has 0 aliphatic rings. The summed E-state index contributed by atoms with van der Waals surface area (Å²) in [4.78, 5) is 15.0. The quantitative estimate of drug-likeness (QED) is 0.585. The second-order valence-electron chi connectivity index (χ2n) is 5.46. The number of urea groups is 1. The van der Waals surface area contributed by atoms with Crippen LogP contribution in [0.2, 0.25) is 0 Å². The Balaban J connectivity index is 1.49. The third-order valence-corrected chi connectivity index (χ3v) is 3.62. The normalized spacial score (nSPS) is 12.0. The summed E-state index contributed by atoms with van der Waals surface area (Å²) in [6.45, 7) is 0.202. The van der Waals surface area contributed by atoms with Gasteiger partial charge in [0.1, 0.15) is 0 Å². The van der Waals surface area contributed by atoms with Gasteiger partial charge in [0.05, 0.1) is 6.10 Å². The van der Waals surface area contributed by atoms with Crippen LogP contribution in [0.25, 0.3) is 10.9 Å². The number of aromatic amines is 1. The summed E-state index contributed by atoms with van der Waals surface area (Å²) in [5, 5.41) is 16.5. The number of carbonyl (C=O) groups is 1. The minimum Gasteiger partial charge on any atom is -0.391 e. The average Bonchev–Trinajstić information content (AvgIpc) is 3.01. The zero-order chi connectivity index (χ0) is 16.1. The van der Waals surface area contributed by atoms with Gasteiger partial charge in [0.15, 0.2) is 0 Å². The molecule has 0 saturated heterocycles. The van der Waals surface area contributed by atoms with E-state index in [1.165, 1.54) is 0 Å². The predicted molar refractivity (Wildman–Crippen MR) is 91.5 cm³/mol. The maximum atomic E-state index is 11.9. The van der Waals surface area contributed by atoms with Crippen molar-refractivity contribution in [1.82, 2.24) is 10.3 Å². The summed E-state index contributed by atoms with van der Waals surface area (Å²) in [6, 6.07) is 17.0. The maximum absolute atomic E-state index is 11.9. The standard InChI is InChI=1S/C18H19N3O2/c22-16(10-13-4-2-1-3-5-13)12-20-18(23)21-15-6-7-17-14(11-15)8-9-19-17/h1-9,11,16,19,22H,10,12H2,(H2,20,21,23). The summed E-state index contributed by atoms with van der Waals surface area (Å²) >= 11 is 0. The lowest BCUT2D eigenvalue weighted by atomic mass is 10.1. The second kappa shape index (κ2) is 6.98. The molecule has 5 heteroatoms. The molecule has 4 N–H and O–H groups in total. The van der Waals surface area contributed by atoms with Crippen molar-refractivity contribution in [1.29, 1.82) is 0 Å². The molecule has 118 valence electrons. The van der Waals surface area contributed by atoms with Crippen molar-refractivity contribution in [3.8, 4) is 0 Å². The number of aromatic nitrogens is 1. The predicted octanol–water partition coefficient (Wildman–Crippen LogP) is 2.89. The molecule has 0 aliphatic carbocycles. The van der Waals surface area contributed by atoms with E-state index in [0.717, 1.165) is 16.5 Å². The first-order valence-corrected chi connectivity index (χ1v) is 7.55. The van der Waals surface area contributed by atoms with E-state index < -0.39 is 6.10 Å². The van der Waals surface area contributed by atoms with Crippen molar-refractivity contribution >= 4 is 22.6 Å². The van der Waals surface area contributed by atoms with E-state index in [1.807, 2.05) is 60.8 Å². The first-order chi connectivity index (χ1) is 11.2. The number of anilines is 1. The van der Waals surface area contributed by atoms with E-state index in [-0.39, 0.29) is 12.6 Å². The van der Waals surface area contributed by atoms with Crippen LogP contribution in [-0.2, 0) is 6.42 Å². The van der Waals surface area contributed by atoms with E-state index in [9.17, 15) is 9.90 Å². The van der Waals surface area contributed by atoms with E-state index in [0.29, 0.717) is 12.1 Å². The highest BCUT2D eigenvalue weighted by Crippen LogP contribution is 2.17. The lowest BCUT2D eigenvalue weighted by Gasteiger charge is -2.13. The number of H-pyrrole nitrogens is 1. The molecule has 1 unspecified atom stereocenters. The van der Waals surface area contributed by atoms with Crippen LogP contribution in [0.4, 0.5) is 10.5 Å². The number of carbonyl (C=O) groups excluding carboxylic acids is 1. The number of rotatable bonds is 5. The highest BCUT2D eigenvalue weighted by molar-refractivity contribution is 5.92. The molecule has 0 aliphatic heterocycles. The van der Waals surface area contributed by atoms with Crippen molar-refractivity contribution in [2.24, 2.45) is 0 Å². The molecule has 1 atom stereocenters. The number of nitrogens with one attached hydrogen (secondary N) is 3. The summed E-state index contributed by atoms with van der Waals surface area (Å²) < 4.78 is 0. The first-order valence-electron chi connectivity index (χ1n) is 7.55. The fourth-order valence-electron chi connectivity index (χ4n) is 2.48. The molecular formula is C18H19N3O2. The van der Waals surface area contributed by atoms with E-state index in [4.69, 9.17) is 0 Å². The van der Waals surface area contributed by atoms with E-state index in [1.54, 1.807) is 0 Å². The van der Waals surface area contributed by atoms with Crippen molar-refractivity contribution in [2.75, 3.05) is 11.9 Å². The fourth-order valence-corrected chi connectivity index (χ4v) is 2.48. The molecule has 1 aromatic heterocycles. The minimum absolute atomic E-state index is 0.202. The molecule has 3 aromatic rings. The van der Waals surface area contributed by atoms with Gasteiger partial charge in [-0.2, -0.15) is 0 Å². The number of aliphatic hydroxyl groups excluding tert-OH is 1. The average molecular weight is 309 g/mol. The van der Waals surface area contributed by atoms with E-state index in [2.05, 4.69) is 15.6 Å². The fraction of sp³-hybridized carbons (Fsp3) is 0.167. The van der Waals surface area contributed by atoms with Gasteiger partial charge in [-0.15, -0.1) is 0 Å². The Hall–Kier alpha value is -2.79. The Kier molecular flexibility index (Phi) is 4.59. The molecule has 3 rings (SSSR count). The SMILES string of the molecule is O=C(NCC(O)Cc1ccccc1)Nc1ccc2[nH]ccc2c1. The highest BCUT2D eigenvalue weighted by Gasteiger charge is 2.08. The van der Waals surface area contributed by atoms with Gasteiger partial charge in [-0.1, -0.05) is 30.3 Å². The minimum atomic E-state index is -0.615. The van der Waals surface area contributed by atoms with Crippen LogP contribution < -0.4 is 10.6 Å². The number of fused-ring (bicyclic) bond motifs is 1. The van der Waals surface area contributed by atoms with Gasteiger partial charge in [-0.05, 0) is 29.8 Å². The molecule has 0 spiro atoms.